The molecule has 0 radical (unpaired) electrons. The van der Waals surface area contributed by atoms with Crippen molar-refractivity contribution in [3.05, 3.63) is 42.2 Å². The van der Waals surface area contributed by atoms with E-state index < -0.39 is 0 Å². The average Bonchev–Trinajstić information content (AvgIpc) is 3.03. The van der Waals surface area contributed by atoms with Crippen molar-refractivity contribution in [2.45, 2.75) is 19.4 Å². The van der Waals surface area contributed by atoms with Crippen molar-refractivity contribution in [2.75, 3.05) is 26.7 Å². The monoisotopic (exact) mass is 336 g/mol. The topological polar surface area (TPSA) is 56.3 Å². The molecule has 5 nitrogen and oxygen atoms in total. The Balaban J connectivity index is 0.00000192. The summed E-state index contributed by atoms with van der Waals surface area (Å²) in [4.78, 5) is 2.48. The molecule has 1 fully saturated rings. The van der Waals surface area contributed by atoms with Crippen LogP contribution in [0.1, 0.15) is 18.5 Å². The molecule has 3 rings (SSSR count). The van der Waals surface area contributed by atoms with Crippen LogP contribution in [-0.4, -0.2) is 41.4 Å². The Morgan fingerprint density at radius 1 is 1.30 bits per heavy atom. The zero-order valence-corrected chi connectivity index (χ0v) is 14.3. The first-order valence-corrected chi connectivity index (χ1v) is 7.90. The summed E-state index contributed by atoms with van der Waals surface area (Å²) in [5.41, 5.74) is 8.00. The molecule has 2 heterocycles. The maximum absolute atomic E-state index is 5.84. The number of aromatic nitrogens is 2. The first-order chi connectivity index (χ1) is 10.8. The van der Waals surface area contributed by atoms with Crippen LogP contribution in [0.25, 0.3) is 5.69 Å². The number of methoxy groups -OCH3 is 1. The smallest absolute Gasteiger partial charge is 0.144 e. The molecule has 0 amide bonds. The number of nitrogens with zero attached hydrogens (tertiary/aromatic N) is 3. The highest BCUT2D eigenvalue weighted by Gasteiger charge is 2.20. The summed E-state index contributed by atoms with van der Waals surface area (Å²) in [5.74, 6) is 1.46. The molecule has 23 heavy (non-hydrogen) atoms. The third kappa shape index (κ3) is 4.05. The van der Waals surface area contributed by atoms with Gasteiger partial charge in [-0.2, -0.15) is 5.10 Å². The van der Waals surface area contributed by atoms with E-state index in [2.05, 4.69) is 16.1 Å². The highest BCUT2D eigenvalue weighted by atomic mass is 35.5. The summed E-state index contributed by atoms with van der Waals surface area (Å²) in [6.07, 6.45) is 4.33. The largest absolute Gasteiger partial charge is 0.494 e. The van der Waals surface area contributed by atoms with Gasteiger partial charge in [0.1, 0.15) is 11.4 Å². The van der Waals surface area contributed by atoms with Gasteiger partial charge in [0.05, 0.1) is 12.8 Å². The molecule has 2 aromatic rings. The van der Waals surface area contributed by atoms with Gasteiger partial charge in [-0.1, -0.05) is 12.1 Å². The van der Waals surface area contributed by atoms with Gasteiger partial charge in [0.15, 0.2) is 0 Å². The Morgan fingerprint density at radius 3 is 2.91 bits per heavy atom. The summed E-state index contributed by atoms with van der Waals surface area (Å²) in [7, 11) is 1.69. The number of hydrogen-bond acceptors (Lipinski definition) is 4. The van der Waals surface area contributed by atoms with Crippen molar-refractivity contribution >= 4 is 12.4 Å². The highest BCUT2D eigenvalue weighted by Crippen LogP contribution is 2.24. The zero-order chi connectivity index (χ0) is 15.4. The van der Waals surface area contributed by atoms with Gasteiger partial charge in [0.2, 0.25) is 0 Å². The summed E-state index contributed by atoms with van der Waals surface area (Å²) in [6.45, 7) is 3.89. The van der Waals surface area contributed by atoms with Crippen molar-refractivity contribution in [1.82, 2.24) is 14.7 Å². The molecule has 1 saturated heterocycles. The number of para-hydroxylation sites is 2. The van der Waals surface area contributed by atoms with E-state index in [1.54, 1.807) is 7.11 Å². The van der Waals surface area contributed by atoms with Crippen LogP contribution in [0.4, 0.5) is 0 Å². The lowest BCUT2D eigenvalue weighted by molar-refractivity contribution is 0.168. The molecular formula is C17H25ClN4O. The summed E-state index contributed by atoms with van der Waals surface area (Å²) in [6, 6.07) is 10.1. The van der Waals surface area contributed by atoms with Gasteiger partial charge < -0.3 is 10.5 Å². The molecule has 1 aromatic carbocycles. The summed E-state index contributed by atoms with van der Waals surface area (Å²) < 4.78 is 7.43. The lowest BCUT2D eigenvalue weighted by Gasteiger charge is -2.32. The second-order valence-corrected chi connectivity index (χ2v) is 5.89. The zero-order valence-electron chi connectivity index (χ0n) is 13.5. The van der Waals surface area contributed by atoms with E-state index in [1.165, 1.54) is 18.5 Å². The fraction of sp³-hybridized carbons (Fsp3) is 0.471. The van der Waals surface area contributed by atoms with E-state index in [1.807, 2.05) is 35.1 Å². The van der Waals surface area contributed by atoms with Gasteiger partial charge in [0.25, 0.3) is 0 Å². The van der Waals surface area contributed by atoms with E-state index in [4.69, 9.17) is 10.5 Å². The van der Waals surface area contributed by atoms with Crippen LogP contribution in [0.3, 0.4) is 0 Å². The number of hydrogen-bond donors (Lipinski definition) is 1. The quantitative estimate of drug-likeness (QED) is 0.911. The fourth-order valence-corrected chi connectivity index (χ4v) is 3.19. The Labute approximate surface area is 143 Å². The van der Waals surface area contributed by atoms with Gasteiger partial charge in [-0.3, -0.25) is 4.90 Å². The molecular weight excluding hydrogens is 312 g/mol. The van der Waals surface area contributed by atoms with Gasteiger partial charge in [0, 0.05) is 19.3 Å². The normalized spacial score (nSPS) is 18.4. The van der Waals surface area contributed by atoms with Crippen LogP contribution in [-0.2, 0) is 6.54 Å². The van der Waals surface area contributed by atoms with Gasteiger partial charge >= 0.3 is 0 Å². The van der Waals surface area contributed by atoms with Gasteiger partial charge in [-0.25, -0.2) is 4.68 Å². The fourth-order valence-electron chi connectivity index (χ4n) is 3.19. The van der Waals surface area contributed by atoms with E-state index in [-0.39, 0.29) is 12.4 Å². The second-order valence-electron chi connectivity index (χ2n) is 5.89. The van der Waals surface area contributed by atoms with Crippen molar-refractivity contribution in [3.8, 4) is 11.4 Å². The number of ether oxygens (including phenoxy) is 1. The third-order valence-electron chi connectivity index (χ3n) is 4.36. The lowest BCUT2D eigenvalue weighted by atomic mass is 9.98. The van der Waals surface area contributed by atoms with E-state index >= 15 is 0 Å². The van der Waals surface area contributed by atoms with Crippen LogP contribution in [0.15, 0.2) is 36.5 Å². The molecule has 0 saturated carbocycles. The predicted octanol–water partition coefficient (Wildman–Crippen LogP) is 2.47. The molecule has 0 spiro atoms. The molecule has 0 bridgehead atoms. The molecule has 126 valence electrons. The third-order valence-corrected chi connectivity index (χ3v) is 4.36. The van der Waals surface area contributed by atoms with E-state index in [0.29, 0.717) is 5.92 Å². The van der Waals surface area contributed by atoms with E-state index in [9.17, 15) is 0 Å². The molecule has 0 aliphatic carbocycles. The van der Waals surface area contributed by atoms with Crippen LogP contribution in [0, 0.1) is 5.92 Å². The maximum Gasteiger partial charge on any atom is 0.144 e. The number of nitrogens with two attached hydrogens (primary N) is 1. The molecule has 6 heteroatoms. The predicted molar refractivity (Wildman–Crippen MR) is 94.4 cm³/mol. The minimum Gasteiger partial charge on any atom is -0.494 e. The average molecular weight is 337 g/mol. The number of piperidine rings is 1. The second kappa shape index (κ2) is 8.34. The number of likely N-dealkylation sites (tertiary alicyclic amines) is 1. The standard InChI is InChI=1S/C17H24N4O.ClH/c1-22-17-7-3-2-6-16(17)21-15(8-9-19-21)13-20-10-4-5-14(11-18)12-20;/h2-3,6-9,14H,4-5,10-13,18H2,1H3;1H. The van der Waals surface area contributed by atoms with Crippen molar-refractivity contribution in [1.29, 1.82) is 0 Å². The molecule has 2 N–H and O–H groups in total. The molecule has 1 atom stereocenters. The summed E-state index contributed by atoms with van der Waals surface area (Å²) in [5, 5.41) is 4.49. The Morgan fingerprint density at radius 2 is 2.13 bits per heavy atom. The van der Waals surface area contributed by atoms with E-state index in [0.717, 1.165) is 37.6 Å². The van der Waals surface area contributed by atoms with Crippen LogP contribution in [0.2, 0.25) is 0 Å². The first-order valence-electron chi connectivity index (χ1n) is 7.90. The highest BCUT2D eigenvalue weighted by molar-refractivity contribution is 5.85. The molecule has 1 unspecified atom stereocenters. The minimum absolute atomic E-state index is 0. The van der Waals surface area contributed by atoms with Crippen LogP contribution < -0.4 is 10.5 Å². The number of rotatable bonds is 5. The molecule has 1 aliphatic rings. The lowest BCUT2D eigenvalue weighted by Crippen LogP contribution is -2.38. The SMILES string of the molecule is COc1ccccc1-n1nccc1CN1CCCC(CN)C1.Cl. The van der Waals surface area contributed by atoms with Crippen molar-refractivity contribution in [2.24, 2.45) is 11.7 Å². The maximum atomic E-state index is 5.84. The molecule has 1 aromatic heterocycles. The van der Waals surface area contributed by atoms with Crippen molar-refractivity contribution < 1.29 is 4.74 Å². The van der Waals surface area contributed by atoms with Crippen molar-refractivity contribution in [3.63, 3.8) is 0 Å². The Kier molecular flexibility index (Phi) is 6.45. The van der Waals surface area contributed by atoms with Crippen LogP contribution in [0.5, 0.6) is 5.75 Å². The van der Waals surface area contributed by atoms with Gasteiger partial charge in [-0.05, 0) is 50.0 Å². The van der Waals surface area contributed by atoms with Crippen LogP contribution >= 0.6 is 12.4 Å². The summed E-state index contributed by atoms with van der Waals surface area (Å²) >= 11 is 0. The molecule has 1 aliphatic heterocycles. The minimum atomic E-state index is 0. The first kappa shape index (κ1) is 17.8. The number of halogens is 1. The van der Waals surface area contributed by atoms with Gasteiger partial charge in [-0.15, -0.1) is 12.4 Å². The number of benzene rings is 1. The Hall–Kier alpha value is -1.56. The Bertz CT molecular complexity index is 616.